The summed E-state index contributed by atoms with van der Waals surface area (Å²) in [5, 5.41) is 37.3. The highest BCUT2D eigenvalue weighted by atomic mass is 16.4. The van der Waals surface area contributed by atoms with Gasteiger partial charge >= 0.3 is 0 Å². The number of benzene rings is 1. The Bertz CT molecular complexity index is 519. The second-order valence-corrected chi connectivity index (χ2v) is 4.31. The molecule has 0 saturated heterocycles. The molecule has 0 fully saturated rings. The van der Waals surface area contributed by atoms with Gasteiger partial charge in [-0.15, -0.1) is 0 Å². The number of hydrogen-bond donors (Lipinski definition) is 4. The van der Waals surface area contributed by atoms with E-state index in [0.29, 0.717) is 5.56 Å². The predicted octanol–water partition coefficient (Wildman–Crippen LogP) is -0.352. The molecular weight excluding hydrogens is 264 g/mol. The minimum atomic E-state index is -2.66. The maximum atomic E-state index is 11.9. The first-order chi connectivity index (χ1) is 9.32. The molecule has 2 atom stereocenters. The second kappa shape index (κ2) is 6.42. The Kier molecular flexibility index (Phi) is 5.15. The number of rotatable bonds is 6. The van der Waals surface area contributed by atoms with Crippen molar-refractivity contribution in [2.75, 3.05) is 6.61 Å². The van der Waals surface area contributed by atoms with Crippen molar-refractivity contribution in [2.45, 2.75) is 18.6 Å². The van der Waals surface area contributed by atoms with Gasteiger partial charge in [0.25, 0.3) is 0 Å². The number of phenolic OH excluding ortho intramolecular Hbond substituents is 1. The van der Waals surface area contributed by atoms with Crippen LogP contribution in [0.15, 0.2) is 30.3 Å². The van der Waals surface area contributed by atoms with Crippen LogP contribution in [-0.2, 0) is 9.59 Å². The number of phenols is 1. The molecule has 6 heteroatoms. The Labute approximate surface area is 115 Å². The largest absolute Gasteiger partial charge is 0.508 e. The number of aliphatic hydroxyl groups excluding tert-OH is 2. The number of Topliss-reactive ketones (excluding diaryl/α,β-unsaturated/α-hetero) is 1. The Hall–Kier alpha value is -2.02. The van der Waals surface area contributed by atoms with Crippen molar-refractivity contribution in [3.63, 3.8) is 0 Å². The third kappa shape index (κ3) is 3.30. The van der Waals surface area contributed by atoms with Crippen molar-refractivity contribution < 1.29 is 30.0 Å². The topological polar surface area (TPSA) is 115 Å². The van der Waals surface area contributed by atoms with Gasteiger partial charge in [0, 0.05) is 0 Å². The molecule has 0 amide bonds. The minimum absolute atomic E-state index is 0.0596. The van der Waals surface area contributed by atoms with Crippen LogP contribution in [0.4, 0.5) is 0 Å². The summed E-state index contributed by atoms with van der Waals surface area (Å²) in [6, 6.07) is 5.86. The zero-order valence-corrected chi connectivity index (χ0v) is 10.9. The van der Waals surface area contributed by atoms with E-state index >= 15 is 0 Å². The molecule has 20 heavy (non-hydrogen) atoms. The number of carbonyl (C=O) groups excluding carboxylic acids is 2. The highest BCUT2D eigenvalue weighted by Gasteiger charge is 2.46. The average molecular weight is 280 g/mol. The first-order valence-electron chi connectivity index (χ1n) is 5.86. The molecule has 0 aliphatic heterocycles. The number of ketones is 2. The molecule has 108 valence electrons. The number of carbonyl (C=O) groups is 2. The maximum Gasteiger partial charge on any atom is 0.213 e. The fraction of sp³-hybridized carbons (Fsp3) is 0.286. The lowest BCUT2D eigenvalue weighted by Gasteiger charge is -2.26. The summed E-state index contributed by atoms with van der Waals surface area (Å²) in [5.41, 5.74) is -2.11. The molecule has 0 aliphatic rings. The van der Waals surface area contributed by atoms with Crippen molar-refractivity contribution >= 4 is 17.6 Å². The summed E-state index contributed by atoms with van der Waals surface area (Å²) >= 11 is 0. The van der Waals surface area contributed by atoms with E-state index in [1.165, 1.54) is 30.3 Å². The second-order valence-electron chi connectivity index (χ2n) is 4.31. The summed E-state index contributed by atoms with van der Waals surface area (Å²) in [5.74, 6) is -1.93. The quantitative estimate of drug-likeness (QED) is 0.418. The van der Waals surface area contributed by atoms with Crippen LogP contribution in [0, 0.1) is 0 Å². The minimum Gasteiger partial charge on any atom is -0.508 e. The lowest BCUT2D eigenvalue weighted by atomic mass is 9.87. The molecule has 0 aromatic heterocycles. The summed E-state index contributed by atoms with van der Waals surface area (Å²) < 4.78 is 0. The predicted molar refractivity (Wildman–Crippen MR) is 70.9 cm³/mol. The zero-order chi connectivity index (χ0) is 15.3. The molecule has 0 heterocycles. The van der Waals surface area contributed by atoms with Gasteiger partial charge in [-0.25, -0.2) is 0 Å². The Balaban J connectivity index is 2.97. The standard InChI is InChI=1S/C14H16O6/c1-9(16)14(20,13(19)8-15)12(18)7-4-10-2-5-11(17)6-3-10/h2-7,13,15,17,19-20H,8H2,1H3/b7-4+. The van der Waals surface area contributed by atoms with E-state index in [9.17, 15) is 19.8 Å². The molecule has 0 saturated carbocycles. The monoisotopic (exact) mass is 280 g/mol. The van der Waals surface area contributed by atoms with Crippen LogP contribution in [0.5, 0.6) is 5.75 Å². The molecule has 2 unspecified atom stereocenters. The highest BCUT2D eigenvalue weighted by Crippen LogP contribution is 2.17. The molecular formula is C14H16O6. The zero-order valence-electron chi connectivity index (χ0n) is 10.9. The van der Waals surface area contributed by atoms with Crippen LogP contribution >= 0.6 is 0 Å². The van der Waals surface area contributed by atoms with E-state index in [-0.39, 0.29) is 5.75 Å². The molecule has 0 aliphatic carbocycles. The van der Waals surface area contributed by atoms with Gasteiger partial charge in [-0.2, -0.15) is 0 Å². The highest BCUT2D eigenvalue weighted by molar-refractivity contribution is 6.15. The Morgan fingerprint density at radius 3 is 2.30 bits per heavy atom. The fourth-order valence-corrected chi connectivity index (χ4v) is 1.59. The first-order valence-corrected chi connectivity index (χ1v) is 5.86. The molecule has 0 radical (unpaired) electrons. The SMILES string of the molecule is CC(=O)C(O)(C(=O)/C=C/c1ccc(O)cc1)C(O)CO. The van der Waals surface area contributed by atoms with Crippen molar-refractivity contribution in [3.05, 3.63) is 35.9 Å². The van der Waals surface area contributed by atoms with E-state index in [1.807, 2.05) is 0 Å². The molecule has 0 spiro atoms. The van der Waals surface area contributed by atoms with Gasteiger partial charge in [-0.05, 0) is 30.7 Å². The maximum absolute atomic E-state index is 11.9. The van der Waals surface area contributed by atoms with Crippen LogP contribution in [0.2, 0.25) is 0 Å². The molecule has 6 nitrogen and oxygen atoms in total. The third-order valence-corrected chi connectivity index (χ3v) is 2.89. The van der Waals surface area contributed by atoms with Gasteiger partial charge in [0.2, 0.25) is 5.60 Å². The van der Waals surface area contributed by atoms with Gasteiger partial charge in [0.1, 0.15) is 11.9 Å². The van der Waals surface area contributed by atoms with Crippen molar-refractivity contribution in [3.8, 4) is 5.75 Å². The molecule has 1 aromatic rings. The fourth-order valence-electron chi connectivity index (χ4n) is 1.59. The van der Waals surface area contributed by atoms with Gasteiger partial charge in [-0.1, -0.05) is 18.2 Å². The van der Waals surface area contributed by atoms with Crippen LogP contribution in [-0.4, -0.2) is 50.3 Å². The number of hydrogen-bond acceptors (Lipinski definition) is 6. The van der Waals surface area contributed by atoms with Gasteiger partial charge in [0.05, 0.1) is 6.61 Å². The first kappa shape index (κ1) is 16.0. The summed E-state index contributed by atoms with van der Waals surface area (Å²) in [4.78, 5) is 23.2. The third-order valence-electron chi connectivity index (χ3n) is 2.89. The van der Waals surface area contributed by atoms with E-state index in [4.69, 9.17) is 10.2 Å². The van der Waals surface area contributed by atoms with Crippen LogP contribution in [0.3, 0.4) is 0 Å². The van der Waals surface area contributed by atoms with Crippen molar-refractivity contribution in [2.24, 2.45) is 0 Å². The van der Waals surface area contributed by atoms with Crippen molar-refractivity contribution in [1.82, 2.24) is 0 Å². The molecule has 0 bridgehead atoms. The van der Waals surface area contributed by atoms with Gasteiger partial charge in [-0.3, -0.25) is 9.59 Å². The van der Waals surface area contributed by atoms with Gasteiger partial charge < -0.3 is 20.4 Å². The Morgan fingerprint density at radius 2 is 1.85 bits per heavy atom. The van der Waals surface area contributed by atoms with E-state index in [1.54, 1.807) is 0 Å². The van der Waals surface area contributed by atoms with E-state index < -0.39 is 29.9 Å². The van der Waals surface area contributed by atoms with E-state index in [0.717, 1.165) is 13.0 Å². The number of aromatic hydroxyl groups is 1. The molecule has 1 rings (SSSR count). The van der Waals surface area contributed by atoms with Crippen LogP contribution < -0.4 is 0 Å². The van der Waals surface area contributed by atoms with Crippen LogP contribution in [0.1, 0.15) is 12.5 Å². The summed E-state index contributed by atoms with van der Waals surface area (Å²) in [6.07, 6.45) is 0.365. The lowest BCUT2D eigenvalue weighted by Crippen LogP contribution is -2.55. The van der Waals surface area contributed by atoms with Gasteiger partial charge in [0.15, 0.2) is 11.6 Å². The van der Waals surface area contributed by atoms with E-state index in [2.05, 4.69) is 0 Å². The Morgan fingerprint density at radius 1 is 1.30 bits per heavy atom. The average Bonchev–Trinajstić information content (AvgIpc) is 2.44. The lowest BCUT2D eigenvalue weighted by molar-refractivity contribution is -0.161. The normalized spacial score (nSPS) is 15.8. The summed E-state index contributed by atoms with van der Waals surface area (Å²) in [6.45, 7) is 0.0278. The molecule has 4 N–H and O–H groups in total. The molecule has 1 aromatic carbocycles. The van der Waals surface area contributed by atoms with Crippen molar-refractivity contribution in [1.29, 1.82) is 0 Å². The number of aliphatic hydroxyl groups is 3. The van der Waals surface area contributed by atoms with Crippen LogP contribution in [0.25, 0.3) is 6.08 Å². The smallest absolute Gasteiger partial charge is 0.213 e. The summed E-state index contributed by atoms with van der Waals surface area (Å²) in [7, 11) is 0.